The molecule has 3 nitrogen and oxygen atoms in total. The maximum Gasteiger partial charge on any atom is 0.303 e. The number of hydrogen-bond acceptors (Lipinski definition) is 2. The van der Waals surface area contributed by atoms with Gasteiger partial charge in [-0.05, 0) is 31.7 Å². The summed E-state index contributed by atoms with van der Waals surface area (Å²) in [6.45, 7) is 2.88. The maximum absolute atomic E-state index is 10.7. The quantitative estimate of drug-likeness (QED) is 0.535. The van der Waals surface area contributed by atoms with Crippen molar-refractivity contribution in [2.45, 2.75) is 64.7 Å². The molecule has 0 bridgehead atoms. The molecule has 0 saturated carbocycles. The maximum atomic E-state index is 10.7. The first-order valence-electron chi connectivity index (χ1n) is 6.62. The Morgan fingerprint density at radius 2 is 1.75 bits per heavy atom. The molecule has 16 heavy (non-hydrogen) atoms. The Morgan fingerprint density at radius 1 is 1.12 bits per heavy atom. The van der Waals surface area contributed by atoms with Gasteiger partial charge in [-0.1, -0.05) is 39.0 Å². The van der Waals surface area contributed by atoms with Gasteiger partial charge in [0.15, 0.2) is 0 Å². The number of carbonyl (C=O) groups is 1. The molecule has 0 aliphatic carbocycles. The van der Waals surface area contributed by atoms with Crippen molar-refractivity contribution < 1.29 is 9.90 Å². The van der Waals surface area contributed by atoms with Crippen molar-refractivity contribution in [1.29, 1.82) is 0 Å². The predicted molar refractivity (Wildman–Crippen MR) is 67.4 cm³/mol. The average molecular weight is 229 g/mol. The predicted octanol–water partition coefficient (Wildman–Crippen LogP) is 3.18. The highest BCUT2D eigenvalue weighted by Crippen LogP contribution is 2.19. The Kier molecular flexibility index (Phi) is 10.5. The van der Waals surface area contributed by atoms with E-state index in [0.29, 0.717) is 18.9 Å². The van der Waals surface area contributed by atoms with E-state index < -0.39 is 5.97 Å². The van der Waals surface area contributed by atoms with Gasteiger partial charge < -0.3 is 10.8 Å². The number of aliphatic carboxylic acids is 1. The van der Waals surface area contributed by atoms with Crippen LogP contribution in [0.25, 0.3) is 0 Å². The Morgan fingerprint density at radius 3 is 2.31 bits per heavy atom. The molecule has 0 aromatic carbocycles. The van der Waals surface area contributed by atoms with Gasteiger partial charge in [0.05, 0.1) is 0 Å². The molecule has 3 N–H and O–H groups in total. The van der Waals surface area contributed by atoms with E-state index in [1.807, 2.05) is 0 Å². The molecule has 96 valence electrons. The van der Waals surface area contributed by atoms with Crippen LogP contribution in [-0.4, -0.2) is 17.6 Å². The fourth-order valence-corrected chi connectivity index (χ4v) is 2.04. The number of carboxylic acid groups (broad SMARTS) is 1. The van der Waals surface area contributed by atoms with Gasteiger partial charge in [-0.25, -0.2) is 0 Å². The lowest BCUT2D eigenvalue weighted by Gasteiger charge is -2.13. The Hall–Kier alpha value is -0.570. The van der Waals surface area contributed by atoms with E-state index in [2.05, 4.69) is 6.92 Å². The summed E-state index contributed by atoms with van der Waals surface area (Å²) in [7, 11) is 0. The molecule has 0 amide bonds. The zero-order valence-corrected chi connectivity index (χ0v) is 10.6. The first kappa shape index (κ1) is 15.4. The van der Waals surface area contributed by atoms with Crippen LogP contribution in [-0.2, 0) is 4.79 Å². The Balaban J connectivity index is 3.60. The number of hydrogen-bond donors (Lipinski definition) is 2. The van der Waals surface area contributed by atoms with Crippen molar-refractivity contribution in [3.63, 3.8) is 0 Å². The minimum absolute atomic E-state index is 0.313. The van der Waals surface area contributed by atoms with Gasteiger partial charge in [-0.15, -0.1) is 0 Å². The molecule has 0 aromatic heterocycles. The lowest BCUT2D eigenvalue weighted by Crippen LogP contribution is -2.10. The summed E-state index contributed by atoms with van der Waals surface area (Å²) in [6.07, 6.45) is 9.54. The van der Waals surface area contributed by atoms with Crippen LogP contribution in [0.3, 0.4) is 0 Å². The second kappa shape index (κ2) is 10.9. The van der Waals surface area contributed by atoms with Crippen LogP contribution in [0.15, 0.2) is 0 Å². The molecule has 0 aromatic rings. The molecule has 0 saturated heterocycles. The topological polar surface area (TPSA) is 63.3 Å². The van der Waals surface area contributed by atoms with Crippen molar-refractivity contribution in [1.82, 2.24) is 0 Å². The first-order valence-corrected chi connectivity index (χ1v) is 6.62. The largest absolute Gasteiger partial charge is 0.481 e. The van der Waals surface area contributed by atoms with E-state index in [1.54, 1.807) is 0 Å². The third-order valence-electron chi connectivity index (χ3n) is 3.00. The lowest BCUT2D eigenvalue weighted by molar-refractivity contribution is -0.138. The van der Waals surface area contributed by atoms with Crippen LogP contribution >= 0.6 is 0 Å². The molecular weight excluding hydrogens is 202 g/mol. The highest BCUT2D eigenvalue weighted by Gasteiger charge is 2.12. The van der Waals surface area contributed by atoms with Crippen LogP contribution in [0, 0.1) is 5.92 Å². The number of nitrogens with two attached hydrogens (primary N) is 1. The van der Waals surface area contributed by atoms with Gasteiger partial charge in [0.2, 0.25) is 0 Å². The normalized spacial score (nSPS) is 12.6. The van der Waals surface area contributed by atoms with Crippen molar-refractivity contribution in [2.24, 2.45) is 11.7 Å². The number of carboxylic acids is 1. The molecule has 1 atom stereocenters. The fourth-order valence-electron chi connectivity index (χ4n) is 2.04. The summed E-state index contributed by atoms with van der Waals surface area (Å²) in [4.78, 5) is 10.7. The molecule has 0 spiro atoms. The molecule has 0 aliphatic rings. The zero-order valence-electron chi connectivity index (χ0n) is 10.6. The van der Waals surface area contributed by atoms with E-state index >= 15 is 0 Å². The number of unbranched alkanes of at least 4 members (excludes halogenated alkanes) is 4. The molecule has 0 radical (unpaired) electrons. The minimum atomic E-state index is -0.671. The fraction of sp³-hybridized carbons (Fsp3) is 0.923. The van der Waals surface area contributed by atoms with E-state index in [9.17, 15) is 4.79 Å². The van der Waals surface area contributed by atoms with Gasteiger partial charge in [-0.2, -0.15) is 0 Å². The molecule has 3 heteroatoms. The molecule has 1 unspecified atom stereocenters. The van der Waals surface area contributed by atoms with Gasteiger partial charge in [-0.3, -0.25) is 4.79 Å². The van der Waals surface area contributed by atoms with Gasteiger partial charge >= 0.3 is 5.97 Å². The second-order valence-electron chi connectivity index (χ2n) is 4.60. The Labute approximate surface area is 99.4 Å². The van der Waals surface area contributed by atoms with Crippen LogP contribution in [0.4, 0.5) is 0 Å². The first-order chi connectivity index (χ1) is 7.70. The summed E-state index contributed by atoms with van der Waals surface area (Å²) in [5.41, 5.74) is 5.45. The van der Waals surface area contributed by atoms with Crippen molar-refractivity contribution >= 4 is 5.97 Å². The summed E-state index contributed by atoms with van der Waals surface area (Å²) in [5.74, 6) is -0.335. The zero-order chi connectivity index (χ0) is 12.2. The van der Waals surface area contributed by atoms with E-state index in [0.717, 1.165) is 19.3 Å². The highest BCUT2D eigenvalue weighted by molar-refractivity contribution is 5.66. The van der Waals surface area contributed by atoms with E-state index in [-0.39, 0.29) is 0 Å². The van der Waals surface area contributed by atoms with Crippen LogP contribution in [0.5, 0.6) is 0 Å². The standard InChI is InChI=1S/C13H27NO2/c1-2-3-4-5-6-8-12(9-7-10-14)11-13(15)16/h12H,2-11,14H2,1H3,(H,15,16). The summed E-state index contributed by atoms with van der Waals surface area (Å²) >= 11 is 0. The molecule has 0 fully saturated rings. The van der Waals surface area contributed by atoms with Crippen molar-refractivity contribution in [3.8, 4) is 0 Å². The summed E-state index contributed by atoms with van der Waals surface area (Å²) in [6, 6.07) is 0. The molecule has 0 heterocycles. The highest BCUT2D eigenvalue weighted by atomic mass is 16.4. The van der Waals surface area contributed by atoms with Crippen LogP contribution < -0.4 is 5.73 Å². The van der Waals surface area contributed by atoms with E-state index in [4.69, 9.17) is 10.8 Å². The monoisotopic (exact) mass is 229 g/mol. The Bertz CT molecular complexity index is 171. The van der Waals surface area contributed by atoms with Gasteiger partial charge in [0.1, 0.15) is 0 Å². The lowest BCUT2D eigenvalue weighted by atomic mass is 9.93. The smallest absolute Gasteiger partial charge is 0.303 e. The van der Waals surface area contributed by atoms with Crippen molar-refractivity contribution in [2.75, 3.05) is 6.54 Å². The molecule has 0 rings (SSSR count). The van der Waals surface area contributed by atoms with Crippen LogP contribution in [0.1, 0.15) is 64.7 Å². The third kappa shape index (κ3) is 9.97. The van der Waals surface area contributed by atoms with Crippen LogP contribution in [0.2, 0.25) is 0 Å². The van der Waals surface area contributed by atoms with Gasteiger partial charge in [0.25, 0.3) is 0 Å². The van der Waals surface area contributed by atoms with E-state index in [1.165, 1.54) is 32.1 Å². The van der Waals surface area contributed by atoms with Gasteiger partial charge in [0, 0.05) is 6.42 Å². The SMILES string of the molecule is CCCCCCCC(CCCN)CC(=O)O. The minimum Gasteiger partial charge on any atom is -0.481 e. The summed E-state index contributed by atoms with van der Waals surface area (Å²) < 4.78 is 0. The average Bonchev–Trinajstić information content (AvgIpc) is 2.24. The third-order valence-corrected chi connectivity index (χ3v) is 3.00. The summed E-state index contributed by atoms with van der Waals surface area (Å²) in [5, 5.41) is 8.79. The second-order valence-corrected chi connectivity index (χ2v) is 4.60. The number of rotatable bonds is 11. The molecule has 0 aliphatic heterocycles. The van der Waals surface area contributed by atoms with Crippen molar-refractivity contribution in [3.05, 3.63) is 0 Å². The molecular formula is C13H27NO2.